The maximum absolute atomic E-state index is 13.0. The first-order chi connectivity index (χ1) is 14.1. The minimum Gasteiger partial charge on any atom is -0.340 e. The number of amides is 1. The summed E-state index contributed by atoms with van der Waals surface area (Å²) in [6.07, 6.45) is 0. The molecule has 5 heteroatoms. The second-order valence-corrected chi connectivity index (χ2v) is 7.01. The predicted molar refractivity (Wildman–Crippen MR) is 113 cm³/mol. The van der Waals surface area contributed by atoms with E-state index in [0.717, 1.165) is 16.6 Å². The lowest BCUT2D eigenvalue weighted by atomic mass is 10.1. The molecular formula is C24H19N3O2. The molecule has 0 spiro atoms. The Balaban J connectivity index is 1.69. The highest BCUT2D eigenvalue weighted by molar-refractivity contribution is 5.94. The summed E-state index contributed by atoms with van der Waals surface area (Å²) in [5.41, 5.74) is 3.02. The predicted octanol–water partition coefficient (Wildman–Crippen LogP) is 3.68. The molecular weight excluding hydrogens is 362 g/mol. The summed E-state index contributed by atoms with van der Waals surface area (Å²) in [6.45, 7) is 0.578. The van der Waals surface area contributed by atoms with Crippen LogP contribution in [0.1, 0.15) is 11.1 Å². The molecule has 1 aromatic heterocycles. The molecule has 4 rings (SSSR count). The quantitative estimate of drug-likeness (QED) is 0.507. The molecule has 0 unspecified atom stereocenters. The van der Waals surface area contributed by atoms with E-state index in [1.54, 1.807) is 36.2 Å². The summed E-state index contributed by atoms with van der Waals surface area (Å²) in [6, 6.07) is 24.0. The monoisotopic (exact) mass is 381 g/mol. The van der Waals surface area contributed by atoms with Crippen LogP contribution in [0.15, 0.2) is 77.6 Å². The van der Waals surface area contributed by atoms with Crippen LogP contribution in [0.3, 0.4) is 0 Å². The number of para-hydroxylation sites is 2. The van der Waals surface area contributed by atoms with Gasteiger partial charge in [-0.25, -0.2) is 0 Å². The minimum atomic E-state index is -0.0617. The average Bonchev–Trinajstić information content (AvgIpc) is 2.77. The number of carbonyl (C=O) groups excluding carboxylic acids is 1. The van der Waals surface area contributed by atoms with Gasteiger partial charge < -0.3 is 9.47 Å². The maximum atomic E-state index is 13.0. The lowest BCUT2D eigenvalue weighted by Gasteiger charge is -2.20. The molecule has 0 saturated carbocycles. The third kappa shape index (κ3) is 3.48. The van der Waals surface area contributed by atoms with Crippen LogP contribution in [-0.4, -0.2) is 22.4 Å². The fourth-order valence-electron chi connectivity index (χ4n) is 3.55. The SMILES string of the molecule is CN(Cc1ccc(C#N)cc1)C(=O)Cn1c2ccccc2c(=O)c2ccccc21. The van der Waals surface area contributed by atoms with Gasteiger partial charge in [-0.2, -0.15) is 5.26 Å². The number of hydrogen-bond donors (Lipinski definition) is 0. The van der Waals surface area contributed by atoms with Gasteiger partial charge in [0.15, 0.2) is 5.43 Å². The molecule has 0 aliphatic rings. The largest absolute Gasteiger partial charge is 0.340 e. The summed E-state index contributed by atoms with van der Waals surface area (Å²) in [5, 5.41) is 10.1. The molecule has 0 N–H and O–H groups in total. The Morgan fingerprint density at radius 1 is 0.931 bits per heavy atom. The zero-order valence-corrected chi connectivity index (χ0v) is 16.0. The molecule has 0 aliphatic carbocycles. The fourth-order valence-corrected chi connectivity index (χ4v) is 3.55. The molecule has 29 heavy (non-hydrogen) atoms. The highest BCUT2D eigenvalue weighted by atomic mass is 16.2. The molecule has 3 aromatic carbocycles. The molecule has 5 nitrogen and oxygen atoms in total. The summed E-state index contributed by atoms with van der Waals surface area (Å²) in [7, 11) is 1.76. The lowest BCUT2D eigenvalue weighted by Crippen LogP contribution is -2.30. The van der Waals surface area contributed by atoms with Gasteiger partial charge in [0.1, 0.15) is 6.54 Å². The maximum Gasteiger partial charge on any atom is 0.242 e. The molecule has 0 atom stereocenters. The summed E-state index contributed by atoms with van der Waals surface area (Å²) in [5.74, 6) is -0.0617. The summed E-state index contributed by atoms with van der Waals surface area (Å²) >= 11 is 0. The van der Waals surface area contributed by atoms with E-state index < -0.39 is 0 Å². The average molecular weight is 381 g/mol. The van der Waals surface area contributed by atoms with Crippen molar-refractivity contribution in [2.75, 3.05) is 7.05 Å². The first kappa shape index (κ1) is 18.5. The Morgan fingerprint density at radius 2 is 1.48 bits per heavy atom. The van der Waals surface area contributed by atoms with Crippen molar-refractivity contribution in [3.63, 3.8) is 0 Å². The number of aromatic nitrogens is 1. The Kier molecular flexibility index (Phi) is 4.84. The van der Waals surface area contributed by atoms with Crippen molar-refractivity contribution >= 4 is 27.7 Å². The van der Waals surface area contributed by atoms with Crippen LogP contribution >= 0.6 is 0 Å². The van der Waals surface area contributed by atoms with Gasteiger partial charge in [-0.05, 0) is 42.0 Å². The second-order valence-electron chi connectivity index (χ2n) is 7.01. The number of hydrogen-bond acceptors (Lipinski definition) is 3. The first-order valence-corrected chi connectivity index (χ1v) is 9.32. The Hall–Kier alpha value is -3.91. The van der Waals surface area contributed by atoms with Crippen LogP contribution in [0.25, 0.3) is 21.8 Å². The normalized spacial score (nSPS) is 10.8. The Labute approximate surface area is 168 Å². The van der Waals surface area contributed by atoms with Gasteiger partial charge in [0.25, 0.3) is 0 Å². The summed E-state index contributed by atoms with van der Waals surface area (Å²) in [4.78, 5) is 27.5. The van der Waals surface area contributed by atoms with E-state index in [9.17, 15) is 9.59 Å². The first-order valence-electron chi connectivity index (χ1n) is 9.32. The van der Waals surface area contributed by atoms with E-state index >= 15 is 0 Å². The van der Waals surface area contributed by atoms with Crippen molar-refractivity contribution in [2.45, 2.75) is 13.1 Å². The Morgan fingerprint density at radius 3 is 2.03 bits per heavy atom. The molecule has 0 aliphatic heterocycles. The van der Waals surface area contributed by atoms with Gasteiger partial charge in [-0.1, -0.05) is 36.4 Å². The van der Waals surface area contributed by atoms with Crippen molar-refractivity contribution in [1.29, 1.82) is 5.26 Å². The smallest absolute Gasteiger partial charge is 0.242 e. The topological polar surface area (TPSA) is 66.1 Å². The fraction of sp³-hybridized carbons (Fsp3) is 0.125. The summed E-state index contributed by atoms with van der Waals surface area (Å²) < 4.78 is 1.91. The highest BCUT2D eigenvalue weighted by Gasteiger charge is 2.15. The van der Waals surface area contributed by atoms with Crippen molar-refractivity contribution in [2.24, 2.45) is 0 Å². The van der Waals surface area contributed by atoms with Crippen molar-refractivity contribution in [3.05, 3.63) is 94.1 Å². The molecule has 0 bridgehead atoms. The standard InChI is InChI=1S/C24H19N3O2/c1-26(15-18-12-10-17(14-25)11-13-18)23(28)16-27-21-8-4-2-6-19(21)24(29)20-7-3-5-9-22(20)27/h2-13H,15-16H2,1H3. The van der Waals surface area contributed by atoms with Crippen molar-refractivity contribution in [3.8, 4) is 6.07 Å². The van der Waals surface area contributed by atoms with Crippen LogP contribution in [0.5, 0.6) is 0 Å². The van der Waals surface area contributed by atoms with Gasteiger partial charge in [-0.15, -0.1) is 0 Å². The van der Waals surface area contributed by atoms with Crippen LogP contribution < -0.4 is 5.43 Å². The number of carbonyl (C=O) groups is 1. The number of benzene rings is 3. The van der Waals surface area contributed by atoms with E-state index in [4.69, 9.17) is 5.26 Å². The van der Waals surface area contributed by atoms with E-state index in [1.807, 2.05) is 53.1 Å². The zero-order valence-electron chi connectivity index (χ0n) is 16.0. The number of likely N-dealkylation sites (N-methyl/N-ethyl adjacent to an activating group) is 1. The van der Waals surface area contributed by atoms with E-state index in [-0.39, 0.29) is 17.9 Å². The molecule has 0 radical (unpaired) electrons. The number of nitriles is 1. The van der Waals surface area contributed by atoms with E-state index in [2.05, 4.69) is 6.07 Å². The minimum absolute atomic E-state index is 0.0224. The van der Waals surface area contributed by atoms with Gasteiger partial charge in [0, 0.05) is 24.4 Å². The number of pyridine rings is 1. The number of nitrogens with zero attached hydrogens (tertiary/aromatic N) is 3. The van der Waals surface area contributed by atoms with E-state index in [1.165, 1.54) is 0 Å². The number of rotatable bonds is 4. The number of fused-ring (bicyclic) bond motifs is 2. The van der Waals surface area contributed by atoms with Gasteiger partial charge in [0.05, 0.1) is 22.7 Å². The van der Waals surface area contributed by atoms with Crippen LogP contribution in [0.4, 0.5) is 0 Å². The molecule has 0 fully saturated rings. The van der Waals surface area contributed by atoms with Crippen LogP contribution in [-0.2, 0) is 17.9 Å². The molecule has 1 heterocycles. The van der Waals surface area contributed by atoms with Crippen LogP contribution in [0.2, 0.25) is 0 Å². The van der Waals surface area contributed by atoms with Gasteiger partial charge >= 0.3 is 0 Å². The Bertz CT molecular complexity index is 1250. The third-order valence-electron chi connectivity index (χ3n) is 5.10. The van der Waals surface area contributed by atoms with E-state index in [0.29, 0.717) is 22.9 Å². The van der Waals surface area contributed by atoms with Gasteiger partial charge in [-0.3, -0.25) is 9.59 Å². The molecule has 1 amide bonds. The zero-order chi connectivity index (χ0) is 20.4. The molecule has 142 valence electrons. The lowest BCUT2D eigenvalue weighted by molar-refractivity contribution is -0.130. The van der Waals surface area contributed by atoms with Gasteiger partial charge in [0.2, 0.25) is 5.91 Å². The highest BCUT2D eigenvalue weighted by Crippen LogP contribution is 2.19. The van der Waals surface area contributed by atoms with Crippen molar-refractivity contribution in [1.82, 2.24) is 9.47 Å². The van der Waals surface area contributed by atoms with Crippen molar-refractivity contribution < 1.29 is 4.79 Å². The molecule has 4 aromatic rings. The third-order valence-corrected chi connectivity index (χ3v) is 5.10. The molecule has 0 saturated heterocycles. The van der Waals surface area contributed by atoms with Crippen LogP contribution in [0, 0.1) is 11.3 Å². The second kappa shape index (κ2) is 7.61.